The van der Waals surface area contributed by atoms with Crippen LogP contribution in [0, 0.1) is 0 Å². The van der Waals surface area contributed by atoms with Gasteiger partial charge in [-0.25, -0.2) is 0 Å². The zero-order valence-electron chi connectivity index (χ0n) is 10.4. The highest BCUT2D eigenvalue weighted by molar-refractivity contribution is 5.95. The maximum absolute atomic E-state index is 12.1. The van der Waals surface area contributed by atoms with Crippen LogP contribution >= 0.6 is 0 Å². The van der Waals surface area contributed by atoms with Crippen LogP contribution in [0.2, 0.25) is 0 Å². The second-order valence-electron chi connectivity index (χ2n) is 4.98. The maximum Gasteiger partial charge on any atom is 0.254 e. The minimum absolute atomic E-state index is 0.164. The Morgan fingerprint density at radius 2 is 2.06 bits per heavy atom. The summed E-state index contributed by atoms with van der Waals surface area (Å²) in [7, 11) is 0. The molecule has 1 aromatic carbocycles. The summed E-state index contributed by atoms with van der Waals surface area (Å²) in [5.74, 6) is -0.675. The number of amides is 1. The Balaban J connectivity index is 2.03. The molecule has 5 nitrogen and oxygen atoms in total. The van der Waals surface area contributed by atoms with Gasteiger partial charge in [0.15, 0.2) is 11.5 Å². The second kappa shape index (κ2) is 4.49. The van der Waals surface area contributed by atoms with Crippen LogP contribution in [0.25, 0.3) is 0 Å². The molecule has 18 heavy (non-hydrogen) atoms. The molecule has 0 spiro atoms. The predicted molar refractivity (Wildman–Crippen MR) is 67.5 cm³/mol. The summed E-state index contributed by atoms with van der Waals surface area (Å²) >= 11 is 0. The first-order valence-corrected chi connectivity index (χ1v) is 6.05. The van der Waals surface area contributed by atoms with Crippen LogP contribution in [0.1, 0.15) is 30.1 Å². The number of nitrogens with two attached hydrogens (primary N) is 1. The van der Waals surface area contributed by atoms with E-state index in [-0.39, 0.29) is 22.9 Å². The van der Waals surface area contributed by atoms with Crippen molar-refractivity contribution in [1.82, 2.24) is 4.90 Å². The molecule has 1 fully saturated rings. The molecule has 1 amide bonds. The van der Waals surface area contributed by atoms with E-state index >= 15 is 0 Å². The van der Waals surface area contributed by atoms with Gasteiger partial charge in [-0.15, -0.1) is 0 Å². The summed E-state index contributed by atoms with van der Waals surface area (Å²) in [4.78, 5) is 13.7. The van der Waals surface area contributed by atoms with E-state index in [0.29, 0.717) is 18.7 Å². The Kier molecular flexibility index (Phi) is 3.17. The third-order valence-electron chi connectivity index (χ3n) is 3.27. The van der Waals surface area contributed by atoms with Crippen LogP contribution in [0.5, 0.6) is 11.5 Å². The average molecular weight is 250 g/mol. The number of hydrogen-bond acceptors (Lipinski definition) is 4. The fourth-order valence-electron chi connectivity index (χ4n) is 2.35. The zero-order chi connectivity index (χ0) is 13.3. The Morgan fingerprint density at radius 1 is 1.39 bits per heavy atom. The van der Waals surface area contributed by atoms with Crippen molar-refractivity contribution in [2.24, 2.45) is 5.73 Å². The molecule has 1 saturated heterocycles. The number of nitrogens with zero attached hydrogens (tertiary/aromatic N) is 1. The molecule has 4 N–H and O–H groups in total. The van der Waals surface area contributed by atoms with Gasteiger partial charge >= 0.3 is 0 Å². The highest BCUT2D eigenvalue weighted by atomic mass is 16.3. The molecule has 0 bridgehead atoms. The number of phenolic OH excluding ortho intramolecular Hbond substituents is 2. The van der Waals surface area contributed by atoms with Gasteiger partial charge < -0.3 is 20.8 Å². The molecule has 0 aromatic heterocycles. The minimum Gasteiger partial charge on any atom is -0.504 e. The molecular formula is C13H18N2O3. The molecule has 2 rings (SSSR count). The summed E-state index contributed by atoms with van der Waals surface area (Å²) in [5, 5.41) is 18.6. The van der Waals surface area contributed by atoms with Crippen molar-refractivity contribution in [2.45, 2.75) is 25.3 Å². The summed E-state index contributed by atoms with van der Waals surface area (Å²) < 4.78 is 0. The Labute approximate surface area is 106 Å². The number of likely N-dealkylation sites (tertiary alicyclic amines) is 1. The van der Waals surface area contributed by atoms with E-state index in [0.717, 1.165) is 12.8 Å². The minimum atomic E-state index is -0.283. The van der Waals surface area contributed by atoms with Gasteiger partial charge in [-0.2, -0.15) is 0 Å². The normalized spacial score (nSPS) is 17.3. The van der Waals surface area contributed by atoms with E-state index in [9.17, 15) is 15.0 Å². The Morgan fingerprint density at radius 3 is 2.61 bits per heavy atom. The lowest BCUT2D eigenvalue weighted by molar-refractivity contribution is 0.0386. The van der Waals surface area contributed by atoms with E-state index in [1.807, 2.05) is 0 Å². The first kappa shape index (κ1) is 12.7. The van der Waals surface area contributed by atoms with E-state index in [4.69, 9.17) is 5.73 Å². The van der Waals surface area contributed by atoms with E-state index < -0.39 is 0 Å². The Bertz CT molecular complexity index is 467. The average Bonchev–Trinajstić information content (AvgIpc) is 2.29. The molecular weight excluding hydrogens is 232 g/mol. The fourth-order valence-corrected chi connectivity index (χ4v) is 2.35. The molecule has 98 valence electrons. The summed E-state index contributed by atoms with van der Waals surface area (Å²) in [6, 6.07) is 4.08. The van der Waals surface area contributed by atoms with Crippen molar-refractivity contribution in [2.75, 3.05) is 13.1 Å². The number of phenols is 2. The molecule has 1 aromatic rings. The lowest BCUT2D eigenvalue weighted by atomic mass is 9.86. The highest BCUT2D eigenvalue weighted by Crippen LogP contribution is 2.28. The number of hydrogen-bond donors (Lipinski definition) is 3. The molecule has 1 heterocycles. The van der Waals surface area contributed by atoms with Crippen molar-refractivity contribution < 1.29 is 15.0 Å². The van der Waals surface area contributed by atoms with Crippen LogP contribution in [-0.2, 0) is 0 Å². The molecule has 5 heteroatoms. The van der Waals surface area contributed by atoms with Gasteiger partial charge in [0.2, 0.25) is 0 Å². The fraction of sp³-hybridized carbons (Fsp3) is 0.462. The number of carbonyl (C=O) groups is 1. The van der Waals surface area contributed by atoms with Gasteiger partial charge in [0.05, 0.1) is 5.54 Å². The quantitative estimate of drug-likeness (QED) is 0.700. The van der Waals surface area contributed by atoms with E-state index in [1.54, 1.807) is 4.90 Å². The van der Waals surface area contributed by atoms with E-state index in [1.165, 1.54) is 18.2 Å². The number of aromatic hydroxyl groups is 2. The standard InChI is InChI=1S/C13H18N2O3/c1-2-5-13(14)7-15(8-13)12(18)9-3-4-10(16)11(17)6-9/h3-4,6,16-17H,2,5,7-8,14H2,1H3. The van der Waals surface area contributed by atoms with Crippen LogP contribution in [0.3, 0.4) is 0 Å². The van der Waals surface area contributed by atoms with Crippen molar-refractivity contribution in [3.05, 3.63) is 23.8 Å². The summed E-state index contributed by atoms with van der Waals surface area (Å²) in [6.07, 6.45) is 1.90. The monoisotopic (exact) mass is 250 g/mol. The van der Waals surface area contributed by atoms with Crippen molar-refractivity contribution >= 4 is 5.91 Å². The number of benzene rings is 1. The maximum atomic E-state index is 12.1. The topological polar surface area (TPSA) is 86.8 Å². The van der Waals surface area contributed by atoms with Gasteiger partial charge in [-0.05, 0) is 24.6 Å². The molecule has 0 saturated carbocycles. The Hall–Kier alpha value is -1.75. The first-order chi connectivity index (χ1) is 8.45. The number of rotatable bonds is 3. The second-order valence-corrected chi connectivity index (χ2v) is 4.98. The SMILES string of the molecule is CCCC1(N)CN(C(=O)c2ccc(O)c(O)c2)C1. The molecule has 1 aliphatic heterocycles. The van der Waals surface area contributed by atoms with E-state index in [2.05, 4.69) is 6.92 Å². The lowest BCUT2D eigenvalue weighted by Gasteiger charge is -2.47. The molecule has 0 radical (unpaired) electrons. The lowest BCUT2D eigenvalue weighted by Crippen LogP contribution is -2.68. The van der Waals surface area contributed by atoms with Crippen molar-refractivity contribution in [3.63, 3.8) is 0 Å². The van der Waals surface area contributed by atoms with Crippen LogP contribution in [0.15, 0.2) is 18.2 Å². The smallest absolute Gasteiger partial charge is 0.254 e. The number of carbonyl (C=O) groups excluding carboxylic acids is 1. The zero-order valence-corrected chi connectivity index (χ0v) is 10.4. The van der Waals surface area contributed by atoms with Gasteiger partial charge in [-0.3, -0.25) is 4.79 Å². The summed E-state index contributed by atoms with van der Waals surface area (Å²) in [6.45, 7) is 3.15. The predicted octanol–water partition coefficient (Wildman–Crippen LogP) is 1.05. The highest BCUT2D eigenvalue weighted by Gasteiger charge is 2.41. The third-order valence-corrected chi connectivity index (χ3v) is 3.27. The first-order valence-electron chi connectivity index (χ1n) is 6.05. The largest absolute Gasteiger partial charge is 0.504 e. The van der Waals surface area contributed by atoms with Crippen LogP contribution in [-0.4, -0.2) is 39.6 Å². The van der Waals surface area contributed by atoms with Crippen LogP contribution < -0.4 is 5.73 Å². The van der Waals surface area contributed by atoms with Crippen molar-refractivity contribution in [1.29, 1.82) is 0 Å². The van der Waals surface area contributed by atoms with Gasteiger partial charge in [0.1, 0.15) is 0 Å². The van der Waals surface area contributed by atoms with Crippen molar-refractivity contribution in [3.8, 4) is 11.5 Å². The van der Waals surface area contributed by atoms with Gasteiger partial charge in [-0.1, -0.05) is 13.3 Å². The molecule has 0 aliphatic carbocycles. The molecule has 1 aliphatic rings. The summed E-state index contributed by atoms with van der Waals surface area (Å²) in [5.41, 5.74) is 6.19. The molecule has 0 unspecified atom stereocenters. The van der Waals surface area contributed by atoms with Gasteiger partial charge in [0.25, 0.3) is 5.91 Å². The van der Waals surface area contributed by atoms with Gasteiger partial charge in [0, 0.05) is 18.7 Å². The van der Waals surface area contributed by atoms with Crippen LogP contribution in [0.4, 0.5) is 0 Å². The molecule has 0 atom stereocenters. The third kappa shape index (κ3) is 2.26.